The number of benzene rings is 3. The van der Waals surface area contributed by atoms with Gasteiger partial charge in [0, 0.05) is 22.6 Å². The van der Waals surface area contributed by atoms with Gasteiger partial charge in [-0.1, -0.05) is 35.9 Å². The molecule has 1 amide bonds. The molecular weight excluding hydrogens is 512 g/mol. The molecule has 1 N–H and O–H groups in total. The molecule has 0 spiro atoms. The second-order valence-electron chi connectivity index (χ2n) is 9.27. The van der Waals surface area contributed by atoms with Crippen LogP contribution in [0.5, 0.6) is 5.75 Å². The molecule has 0 saturated heterocycles. The van der Waals surface area contributed by atoms with Crippen molar-refractivity contribution in [2.75, 3.05) is 18.0 Å². The van der Waals surface area contributed by atoms with E-state index in [0.29, 0.717) is 11.4 Å². The summed E-state index contributed by atoms with van der Waals surface area (Å²) in [5.74, 6) is -0.00643. The van der Waals surface area contributed by atoms with Gasteiger partial charge in [-0.15, -0.1) is 0 Å². The minimum absolute atomic E-state index is 0.0796. The molecule has 8 nitrogen and oxygen atoms in total. The number of carbonyl (C=O) groups excluding carboxylic acids is 1. The van der Waals surface area contributed by atoms with Crippen LogP contribution in [-0.2, 0) is 14.8 Å². The molecule has 0 aliphatic rings. The predicted molar refractivity (Wildman–Crippen MR) is 154 cm³/mol. The van der Waals surface area contributed by atoms with Crippen molar-refractivity contribution in [3.63, 3.8) is 0 Å². The van der Waals surface area contributed by atoms with Crippen LogP contribution in [0.1, 0.15) is 28.1 Å². The van der Waals surface area contributed by atoms with Crippen LogP contribution in [-0.4, -0.2) is 38.8 Å². The number of sulfonamides is 1. The fourth-order valence-corrected chi connectivity index (χ4v) is 5.91. The first-order valence-corrected chi connectivity index (χ1v) is 13.9. The molecule has 1 aromatic heterocycles. The van der Waals surface area contributed by atoms with Crippen molar-refractivity contribution in [2.24, 2.45) is 5.10 Å². The molecule has 4 rings (SSSR count). The number of carbonyl (C=O) groups is 1. The number of nitrogens with zero attached hydrogens (tertiary/aromatic N) is 3. The lowest BCUT2D eigenvalue weighted by molar-refractivity contribution is -0.119. The van der Waals surface area contributed by atoms with Crippen LogP contribution in [0.25, 0.3) is 5.69 Å². The SMILES string of the molecule is COc1ccc(N(CC(=O)N/N=C/c2cc(C)n(-c3ccc(C)cc3C)c2C)S(=O)(=O)c2ccccc2)cc1. The van der Waals surface area contributed by atoms with E-state index in [1.807, 2.05) is 19.9 Å². The topological polar surface area (TPSA) is 93.0 Å². The van der Waals surface area contributed by atoms with Gasteiger partial charge < -0.3 is 9.30 Å². The third-order valence-corrected chi connectivity index (χ3v) is 8.22. The predicted octanol–water partition coefficient (Wildman–Crippen LogP) is 5.07. The van der Waals surface area contributed by atoms with Crippen LogP contribution in [0, 0.1) is 27.7 Å². The van der Waals surface area contributed by atoms with Crippen molar-refractivity contribution in [1.82, 2.24) is 9.99 Å². The van der Waals surface area contributed by atoms with E-state index >= 15 is 0 Å². The van der Waals surface area contributed by atoms with Crippen molar-refractivity contribution in [2.45, 2.75) is 32.6 Å². The summed E-state index contributed by atoms with van der Waals surface area (Å²) in [6.07, 6.45) is 1.57. The molecule has 202 valence electrons. The van der Waals surface area contributed by atoms with Crippen LogP contribution in [0.3, 0.4) is 0 Å². The largest absolute Gasteiger partial charge is 0.497 e. The summed E-state index contributed by atoms with van der Waals surface area (Å²) in [6, 6.07) is 22.8. The number of methoxy groups -OCH3 is 1. The number of hydrogen-bond donors (Lipinski definition) is 1. The van der Waals surface area contributed by atoms with Gasteiger partial charge in [0.25, 0.3) is 15.9 Å². The number of aryl methyl sites for hydroxylation is 3. The zero-order valence-electron chi connectivity index (χ0n) is 22.7. The zero-order valence-corrected chi connectivity index (χ0v) is 23.5. The van der Waals surface area contributed by atoms with Gasteiger partial charge in [-0.05, 0) is 81.8 Å². The van der Waals surface area contributed by atoms with Gasteiger partial charge in [0.15, 0.2) is 0 Å². The summed E-state index contributed by atoms with van der Waals surface area (Å²) < 4.78 is 35.3. The van der Waals surface area contributed by atoms with Crippen molar-refractivity contribution < 1.29 is 17.9 Å². The van der Waals surface area contributed by atoms with E-state index in [4.69, 9.17) is 4.74 Å². The Morgan fingerprint density at radius 1 is 0.974 bits per heavy atom. The van der Waals surface area contributed by atoms with E-state index in [0.717, 1.165) is 32.5 Å². The highest BCUT2D eigenvalue weighted by Crippen LogP contribution is 2.26. The number of anilines is 1. The van der Waals surface area contributed by atoms with Crippen LogP contribution in [0.2, 0.25) is 0 Å². The van der Waals surface area contributed by atoms with E-state index in [-0.39, 0.29) is 4.90 Å². The van der Waals surface area contributed by atoms with Crippen molar-refractivity contribution >= 4 is 27.8 Å². The standard InChI is InChI=1S/C30H32N4O4S/c1-21-11-16-29(22(2)17-21)34-23(3)18-25(24(34)4)19-31-32-30(35)20-33(26-12-14-27(38-5)15-13-26)39(36,37)28-9-7-6-8-10-28/h6-19H,20H2,1-5H3,(H,32,35)/b31-19+. The summed E-state index contributed by atoms with van der Waals surface area (Å²) >= 11 is 0. The maximum Gasteiger partial charge on any atom is 0.264 e. The lowest BCUT2D eigenvalue weighted by Crippen LogP contribution is -2.39. The molecular formula is C30H32N4O4S. The highest BCUT2D eigenvalue weighted by molar-refractivity contribution is 7.92. The highest BCUT2D eigenvalue weighted by atomic mass is 32.2. The molecule has 0 bridgehead atoms. The van der Waals surface area contributed by atoms with Gasteiger partial charge in [-0.2, -0.15) is 5.10 Å². The van der Waals surface area contributed by atoms with Gasteiger partial charge in [-0.3, -0.25) is 9.10 Å². The van der Waals surface area contributed by atoms with Gasteiger partial charge in [0.2, 0.25) is 0 Å². The second-order valence-corrected chi connectivity index (χ2v) is 11.1. The number of rotatable bonds is 9. The van der Waals surface area contributed by atoms with Crippen LogP contribution < -0.4 is 14.5 Å². The summed E-state index contributed by atoms with van der Waals surface area (Å²) in [6.45, 7) is 7.69. The molecule has 0 aliphatic heterocycles. The van der Waals surface area contributed by atoms with Gasteiger partial charge in [-0.25, -0.2) is 13.8 Å². The first kappa shape index (κ1) is 27.7. The average Bonchev–Trinajstić information content (AvgIpc) is 3.20. The number of hydrazone groups is 1. The Labute approximate surface area is 229 Å². The number of hydrogen-bond acceptors (Lipinski definition) is 5. The maximum atomic E-state index is 13.5. The summed E-state index contributed by atoms with van der Waals surface area (Å²) in [5.41, 5.74) is 9.10. The molecule has 1 heterocycles. The van der Waals surface area contributed by atoms with E-state index in [1.54, 1.807) is 48.7 Å². The minimum atomic E-state index is -4.02. The zero-order chi connectivity index (χ0) is 28.2. The Hall–Kier alpha value is -4.37. The molecule has 39 heavy (non-hydrogen) atoms. The minimum Gasteiger partial charge on any atom is -0.497 e. The molecule has 0 radical (unpaired) electrons. The van der Waals surface area contributed by atoms with E-state index in [2.05, 4.69) is 47.1 Å². The molecule has 9 heteroatoms. The third-order valence-electron chi connectivity index (χ3n) is 6.44. The van der Waals surface area contributed by atoms with Gasteiger partial charge >= 0.3 is 0 Å². The molecule has 0 aliphatic carbocycles. The number of aromatic nitrogens is 1. The van der Waals surface area contributed by atoms with E-state index in [9.17, 15) is 13.2 Å². The molecule has 4 aromatic rings. The summed E-state index contributed by atoms with van der Waals surface area (Å²) in [5, 5.41) is 4.14. The third kappa shape index (κ3) is 6.04. The Morgan fingerprint density at radius 2 is 1.67 bits per heavy atom. The Morgan fingerprint density at radius 3 is 2.31 bits per heavy atom. The van der Waals surface area contributed by atoms with Crippen molar-refractivity contribution in [3.8, 4) is 11.4 Å². The molecule has 0 fully saturated rings. The van der Waals surface area contributed by atoms with Gasteiger partial charge in [0.05, 0.1) is 23.9 Å². The van der Waals surface area contributed by atoms with Crippen molar-refractivity contribution in [1.29, 1.82) is 0 Å². The van der Waals surface area contributed by atoms with Crippen LogP contribution >= 0.6 is 0 Å². The first-order valence-electron chi connectivity index (χ1n) is 12.4. The van der Waals surface area contributed by atoms with Crippen LogP contribution in [0.4, 0.5) is 5.69 Å². The second kappa shape index (κ2) is 11.6. The van der Waals surface area contributed by atoms with Crippen LogP contribution in [0.15, 0.2) is 88.9 Å². The lowest BCUT2D eigenvalue weighted by atomic mass is 10.1. The molecule has 0 saturated carbocycles. The Kier molecular flexibility index (Phi) is 8.21. The quantitative estimate of drug-likeness (QED) is 0.235. The van der Waals surface area contributed by atoms with Crippen molar-refractivity contribution in [3.05, 3.63) is 107 Å². The normalized spacial score (nSPS) is 11.5. The fraction of sp³-hybridized carbons (Fsp3) is 0.200. The lowest BCUT2D eigenvalue weighted by Gasteiger charge is -2.23. The smallest absolute Gasteiger partial charge is 0.264 e. The highest BCUT2D eigenvalue weighted by Gasteiger charge is 2.27. The number of amides is 1. The van der Waals surface area contributed by atoms with Gasteiger partial charge in [0.1, 0.15) is 12.3 Å². The first-order chi connectivity index (χ1) is 18.6. The summed E-state index contributed by atoms with van der Waals surface area (Å²) in [4.78, 5) is 13.0. The van der Waals surface area contributed by atoms with E-state index in [1.165, 1.54) is 24.8 Å². The monoisotopic (exact) mass is 544 g/mol. The molecule has 0 unspecified atom stereocenters. The molecule has 3 aromatic carbocycles. The number of nitrogens with one attached hydrogen (secondary N) is 1. The molecule has 0 atom stereocenters. The Bertz CT molecular complexity index is 1610. The van der Waals surface area contributed by atoms with E-state index < -0.39 is 22.5 Å². The summed E-state index contributed by atoms with van der Waals surface area (Å²) in [7, 11) is -2.49. The fourth-order valence-electron chi connectivity index (χ4n) is 4.47. The average molecular weight is 545 g/mol. The number of ether oxygens (including phenoxy) is 1. The maximum absolute atomic E-state index is 13.5. The Balaban J connectivity index is 1.55.